The molecule has 0 bridgehead atoms. The lowest BCUT2D eigenvalue weighted by molar-refractivity contribution is -0.139. The van der Waals surface area contributed by atoms with Crippen molar-refractivity contribution in [2.45, 2.75) is 12.5 Å². The lowest BCUT2D eigenvalue weighted by atomic mass is 10.1. The van der Waals surface area contributed by atoms with Crippen molar-refractivity contribution in [3.63, 3.8) is 0 Å². The Kier molecular flexibility index (Phi) is 5.34. The van der Waals surface area contributed by atoms with Gasteiger partial charge in [0.1, 0.15) is 0 Å². The Labute approximate surface area is 109 Å². The van der Waals surface area contributed by atoms with Crippen molar-refractivity contribution in [3.8, 4) is 0 Å². The maximum absolute atomic E-state index is 11.5. The summed E-state index contributed by atoms with van der Waals surface area (Å²) in [6.07, 6.45) is -0.00348. The third-order valence-corrected chi connectivity index (χ3v) is 2.31. The number of rotatable bonds is 6. The molecule has 7 nitrogen and oxygen atoms in total. The van der Waals surface area contributed by atoms with Crippen LogP contribution in [0.3, 0.4) is 0 Å². The van der Waals surface area contributed by atoms with Gasteiger partial charge < -0.3 is 21.5 Å². The van der Waals surface area contributed by atoms with E-state index in [-0.39, 0.29) is 13.0 Å². The van der Waals surface area contributed by atoms with E-state index in [1.807, 2.05) is 0 Å². The fraction of sp³-hybridized carbons (Fsp3) is 0.250. The molecule has 0 aliphatic heterocycles. The van der Waals surface area contributed by atoms with Crippen LogP contribution in [0.5, 0.6) is 0 Å². The van der Waals surface area contributed by atoms with Gasteiger partial charge in [0.15, 0.2) is 6.04 Å². The molecule has 0 saturated carbocycles. The summed E-state index contributed by atoms with van der Waals surface area (Å²) < 4.78 is 0. The molecule has 1 rings (SSSR count). The minimum atomic E-state index is -1.17. The SMILES string of the molecule is NC(=O)CCNC(=O)N[C@H](C(=O)O)c1ccccc1. The zero-order valence-electron chi connectivity index (χ0n) is 10.1. The molecular weight excluding hydrogens is 250 g/mol. The van der Waals surface area contributed by atoms with Gasteiger partial charge in [0, 0.05) is 13.0 Å². The molecule has 19 heavy (non-hydrogen) atoms. The van der Waals surface area contributed by atoms with E-state index in [1.165, 1.54) is 0 Å². The van der Waals surface area contributed by atoms with Crippen molar-refractivity contribution in [1.29, 1.82) is 0 Å². The first-order valence-electron chi connectivity index (χ1n) is 5.61. The summed E-state index contributed by atoms with van der Waals surface area (Å²) >= 11 is 0. The van der Waals surface area contributed by atoms with Gasteiger partial charge in [-0.2, -0.15) is 0 Å². The number of amides is 3. The number of primary amides is 1. The Morgan fingerprint density at radius 1 is 1.21 bits per heavy atom. The van der Waals surface area contributed by atoms with Crippen LogP contribution < -0.4 is 16.4 Å². The summed E-state index contributed by atoms with van der Waals surface area (Å²) in [5.41, 5.74) is 5.37. The Hall–Kier alpha value is -2.57. The number of carbonyl (C=O) groups excluding carboxylic acids is 2. The second-order valence-corrected chi connectivity index (χ2v) is 3.80. The highest BCUT2D eigenvalue weighted by molar-refractivity contribution is 5.84. The number of urea groups is 1. The Bertz CT molecular complexity index is 461. The molecular formula is C12H15N3O4. The lowest BCUT2D eigenvalue weighted by Gasteiger charge is -2.15. The smallest absolute Gasteiger partial charge is 0.330 e. The zero-order valence-corrected chi connectivity index (χ0v) is 10.1. The largest absolute Gasteiger partial charge is 0.479 e. The lowest BCUT2D eigenvalue weighted by Crippen LogP contribution is -2.41. The van der Waals surface area contributed by atoms with E-state index in [0.29, 0.717) is 5.56 Å². The number of aliphatic carboxylic acids is 1. The van der Waals surface area contributed by atoms with Crippen molar-refractivity contribution < 1.29 is 19.5 Å². The number of hydrogen-bond acceptors (Lipinski definition) is 3. The van der Waals surface area contributed by atoms with Crippen molar-refractivity contribution >= 4 is 17.9 Å². The molecule has 3 amide bonds. The molecule has 0 aromatic heterocycles. The number of carbonyl (C=O) groups is 3. The van der Waals surface area contributed by atoms with Crippen LogP contribution in [0.4, 0.5) is 4.79 Å². The first-order chi connectivity index (χ1) is 9.00. The van der Waals surface area contributed by atoms with Crippen molar-refractivity contribution in [2.75, 3.05) is 6.54 Å². The molecule has 0 radical (unpaired) electrons. The normalized spacial score (nSPS) is 11.4. The highest BCUT2D eigenvalue weighted by Gasteiger charge is 2.21. The molecule has 0 heterocycles. The minimum absolute atomic E-state index is 0.00348. The van der Waals surface area contributed by atoms with Gasteiger partial charge in [-0.15, -0.1) is 0 Å². The van der Waals surface area contributed by atoms with Crippen molar-refractivity contribution in [2.24, 2.45) is 5.73 Å². The highest BCUT2D eigenvalue weighted by Crippen LogP contribution is 2.12. The fourth-order valence-corrected chi connectivity index (χ4v) is 1.41. The van der Waals surface area contributed by atoms with Crippen molar-refractivity contribution in [3.05, 3.63) is 35.9 Å². The number of carboxylic acids is 1. The minimum Gasteiger partial charge on any atom is -0.479 e. The standard InChI is InChI=1S/C12H15N3O4/c13-9(16)6-7-14-12(19)15-10(11(17)18)8-4-2-1-3-5-8/h1-5,10H,6-7H2,(H2,13,16)(H,17,18)(H2,14,15,19)/t10-/m0/s1. The van der Waals surface area contributed by atoms with E-state index >= 15 is 0 Å². The molecule has 5 N–H and O–H groups in total. The first kappa shape index (κ1) is 14.5. The number of nitrogens with two attached hydrogens (primary N) is 1. The van der Waals surface area contributed by atoms with Gasteiger partial charge in [0.2, 0.25) is 5.91 Å². The van der Waals surface area contributed by atoms with E-state index < -0.39 is 23.9 Å². The predicted octanol–water partition coefficient (Wildman–Crippen LogP) is -0.0131. The molecule has 1 aromatic carbocycles. The van der Waals surface area contributed by atoms with E-state index in [4.69, 9.17) is 10.8 Å². The highest BCUT2D eigenvalue weighted by atomic mass is 16.4. The molecule has 0 saturated heterocycles. The maximum atomic E-state index is 11.5. The van der Waals surface area contributed by atoms with Crippen LogP contribution in [0.2, 0.25) is 0 Å². The zero-order chi connectivity index (χ0) is 14.3. The molecule has 0 aliphatic rings. The summed E-state index contributed by atoms with van der Waals surface area (Å²) in [4.78, 5) is 33.1. The van der Waals surface area contributed by atoms with Gasteiger partial charge in [0.25, 0.3) is 0 Å². The van der Waals surface area contributed by atoms with E-state index in [9.17, 15) is 14.4 Å². The third kappa shape index (κ3) is 5.07. The maximum Gasteiger partial charge on any atom is 0.330 e. The Balaban J connectivity index is 2.57. The van der Waals surface area contributed by atoms with Gasteiger partial charge in [0.05, 0.1) is 0 Å². The van der Waals surface area contributed by atoms with Crippen molar-refractivity contribution in [1.82, 2.24) is 10.6 Å². The van der Waals surface area contributed by atoms with Crippen LogP contribution in [0.25, 0.3) is 0 Å². The number of nitrogens with one attached hydrogen (secondary N) is 2. The molecule has 1 aromatic rings. The summed E-state index contributed by atoms with van der Waals surface area (Å²) in [6, 6.07) is 6.49. The summed E-state index contributed by atoms with van der Waals surface area (Å²) in [7, 11) is 0. The van der Waals surface area contributed by atoms with E-state index in [2.05, 4.69) is 10.6 Å². The summed E-state index contributed by atoms with van der Waals surface area (Å²) in [5.74, 6) is -1.71. The van der Waals surface area contributed by atoms with Crippen LogP contribution in [0.1, 0.15) is 18.0 Å². The average Bonchev–Trinajstić information content (AvgIpc) is 2.36. The van der Waals surface area contributed by atoms with Crippen LogP contribution in [-0.4, -0.2) is 29.6 Å². The molecule has 0 fully saturated rings. The molecule has 7 heteroatoms. The summed E-state index contributed by atoms with van der Waals surface area (Å²) in [6.45, 7) is 0.0578. The third-order valence-electron chi connectivity index (χ3n) is 2.31. The average molecular weight is 265 g/mol. The van der Waals surface area contributed by atoms with Crippen LogP contribution in [-0.2, 0) is 9.59 Å². The molecule has 0 unspecified atom stereocenters. The first-order valence-corrected chi connectivity index (χ1v) is 5.61. The van der Waals surface area contributed by atoms with Gasteiger partial charge in [-0.25, -0.2) is 9.59 Å². The molecule has 1 atom stereocenters. The molecule has 0 spiro atoms. The van der Waals surface area contributed by atoms with Crippen LogP contribution >= 0.6 is 0 Å². The topological polar surface area (TPSA) is 122 Å². The second kappa shape index (κ2) is 7.00. The van der Waals surface area contributed by atoms with Crippen LogP contribution in [0, 0.1) is 0 Å². The fourth-order valence-electron chi connectivity index (χ4n) is 1.41. The van der Waals surface area contributed by atoms with E-state index in [0.717, 1.165) is 0 Å². The molecule has 102 valence electrons. The van der Waals surface area contributed by atoms with Gasteiger partial charge >= 0.3 is 12.0 Å². The quantitative estimate of drug-likeness (QED) is 0.577. The predicted molar refractivity (Wildman–Crippen MR) is 67.2 cm³/mol. The van der Waals surface area contributed by atoms with Crippen LogP contribution in [0.15, 0.2) is 30.3 Å². The Morgan fingerprint density at radius 2 is 1.84 bits per heavy atom. The second-order valence-electron chi connectivity index (χ2n) is 3.80. The Morgan fingerprint density at radius 3 is 2.37 bits per heavy atom. The van der Waals surface area contributed by atoms with Gasteiger partial charge in [-0.3, -0.25) is 4.79 Å². The van der Waals surface area contributed by atoms with Gasteiger partial charge in [-0.05, 0) is 5.56 Å². The number of hydrogen-bond donors (Lipinski definition) is 4. The van der Waals surface area contributed by atoms with Gasteiger partial charge in [-0.1, -0.05) is 30.3 Å². The molecule has 0 aliphatic carbocycles. The monoisotopic (exact) mass is 265 g/mol. The number of carboxylic acid groups (broad SMARTS) is 1. The van der Waals surface area contributed by atoms with E-state index in [1.54, 1.807) is 30.3 Å². The number of benzene rings is 1. The summed E-state index contributed by atoms with van der Waals surface area (Å²) in [5, 5.41) is 13.7.